The summed E-state index contributed by atoms with van der Waals surface area (Å²) in [6, 6.07) is 18.9. The van der Waals surface area contributed by atoms with Crippen LogP contribution in [0.1, 0.15) is 27.3 Å². The Morgan fingerprint density at radius 2 is 1.70 bits per heavy atom. The molecule has 4 heterocycles. The molecule has 0 atom stereocenters. The van der Waals surface area contributed by atoms with Crippen molar-refractivity contribution in [2.24, 2.45) is 0 Å². The van der Waals surface area contributed by atoms with Crippen molar-refractivity contribution in [2.75, 3.05) is 10.6 Å². The highest BCUT2D eigenvalue weighted by Gasteiger charge is 2.11. The number of nitrogens with one attached hydrogen (secondary N) is 2. The van der Waals surface area contributed by atoms with E-state index >= 15 is 0 Å². The van der Waals surface area contributed by atoms with Crippen LogP contribution in [0.15, 0.2) is 73.1 Å². The maximum Gasteiger partial charge on any atom is 0.257 e. The summed E-state index contributed by atoms with van der Waals surface area (Å²) < 4.78 is 3.72. The van der Waals surface area contributed by atoms with Gasteiger partial charge in [0.25, 0.3) is 5.91 Å². The molecule has 0 saturated heterocycles. The zero-order valence-corrected chi connectivity index (χ0v) is 18.6. The summed E-state index contributed by atoms with van der Waals surface area (Å²) in [5.41, 5.74) is 6.31. The Balaban J connectivity index is 1.25. The second-order valence-corrected chi connectivity index (χ2v) is 7.90. The quantitative estimate of drug-likeness (QED) is 0.411. The fourth-order valence-electron chi connectivity index (χ4n) is 3.62. The van der Waals surface area contributed by atoms with Gasteiger partial charge in [-0.15, -0.1) is 10.2 Å². The lowest BCUT2D eigenvalue weighted by atomic mass is 10.2. The molecule has 1 aromatic carbocycles. The van der Waals surface area contributed by atoms with Gasteiger partial charge in [-0.1, -0.05) is 6.07 Å². The van der Waals surface area contributed by atoms with E-state index in [2.05, 4.69) is 25.9 Å². The number of aromatic nitrogens is 5. The second-order valence-electron chi connectivity index (χ2n) is 7.90. The van der Waals surface area contributed by atoms with Crippen LogP contribution in [0.3, 0.4) is 0 Å². The monoisotopic (exact) mass is 437 g/mol. The Labute approximate surface area is 190 Å². The fraction of sp³-hybridized carbons (Fsp3) is 0.120. The zero-order valence-electron chi connectivity index (χ0n) is 18.6. The Hall–Kier alpha value is -4.46. The molecule has 0 bridgehead atoms. The van der Waals surface area contributed by atoms with Crippen LogP contribution in [0.2, 0.25) is 0 Å². The van der Waals surface area contributed by atoms with Crippen LogP contribution in [0, 0.1) is 20.8 Å². The molecule has 8 nitrogen and oxygen atoms in total. The van der Waals surface area contributed by atoms with Gasteiger partial charge in [-0.3, -0.25) is 4.79 Å². The average molecular weight is 438 g/mol. The number of aryl methyl sites for hydroxylation is 1. The highest BCUT2D eigenvalue weighted by Crippen LogP contribution is 2.20. The van der Waals surface area contributed by atoms with Crippen LogP contribution >= 0.6 is 0 Å². The third-order valence-corrected chi connectivity index (χ3v) is 5.70. The van der Waals surface area contributed by atoms with Crippen molar-refractivity contribution in [3.63, 3.8) is 0 Å². The van der Waals surface area contributed by atoms with E-state index in [1.165, 1.54) is 0 Å². The highest BCUT2D eigenvalue weighted by molar-refractivity contribution is 6.05. The minimum absolute atomic E-state index is 0.153. The topological polar surface area (TPSA) is 89.1 Å². The second kappa shape index (κ2) is 8.23. The van der Waals surface area contributed by atoms with Crippen LogP contribution in [0.25, 0.3) is 11.3 Å². The highest BCUT2D eigenvalue weighted by atomic mass is 16.1. The molecule has 5 rings (SSSR count). The fourth-order valence-corrected chi connectivity index (χ4v) is 3.62. The van der Waals surface area contributed by atoms with E-state index in [-0.39, 0.29) is 5.91 Å². The molecule has 0 saturated carbocycles. The SMILES string of the molecule is Cc1nn(-c2ccc(Nc3ccc(NC(=O)c4cc5ccccn5c4)cc3)nn2)c(C)c1C. The molecule has 0 aliphatic heterocycles. The molecule has 2 N–H and O–H groups in total. The summed E-state index contributed by atoms with van der Waals surface area (Å²) in [5, 5.41) is 19.2. The van der Waals surface area contributed by atoms with E-state index in [9.17, 15) is 4.79 Å². The van der Waals surface area contributed by atoms with Gasteiger partial charge in [0.2, 0.25) is 0 Å². The van der Waals surface area contributed by atoms with Gasteiger partial charge in [-0.25, -0.2) is 4.68 Å². The molecule has 5 aromatic rings. The van der Waals surface area contributed by atoms with Crippen LogP contribution < -0.4 is 10.6 Å². The van der Waals surface area contributed by atoms with Crippen LogP contribution in [-0.4, -0.2) is 30.3 Å². The van der Waals surface area contributed by atoms with Crippen molar-refractivity contribution in [1.29, 1.82) is 0 Å². The number of anilines is 3. The van der Waals surface area contributed by atoms with Gasteiger partial charge in [-0.05, 0) is 80.9 Å². The average Bonchev–Trinajstić information content (AvgIpc) is 3.38. The minimum Gasteiger partial charge on any atom is -0.339 e. The first kappa shape index (κ1) is 20.4. The van der Waals surface area contributed by atoms with Crippen molar-refractivity contribution in [3.05, 3.63) is 95.6 Å². The first-order valence-corrected chi connectivity index (χ1v) is 10.6. The first-order valence-electron chi connectivity index (χ1n) is 10.6. The van der Waals surface area contributed by atoms with Gasteiger partial charge in [0.1, 0.15) is 0 Å². The summed E-state index contributed by atoms with van der Waals surface area (Å²) in [4.78, 5) is 12.6. The summed E-state index contributed by atoms with van der Waals surface area (Å²) >= 11 is 0. The van der Waals surface area contributed by atoms with Crippen molar-refractivity contribution < 1.29 is 4.79 Å². The van der Waals surface area contributed by atoms with Gasteiger partial charge in [0.15, 0.2) is 11.6 Å². The van der Waals surface area contributed by atoms with Crippen LogP contribution in [0.4, 0.5) is 17.2 Å². The minimum atomic E-state index is -0.153. The molecular formula is C25H23N7O. The Bertz CT molecular complexity index is 1410. The maximum absolute atomic E-state index is 12.6. The third kappa shape index (κ3) is 4.06. The van der Waals surface area contributed by atoms with Gasteiger partial charge < -0.3 is 15.0 Å². The Morgan fingerprint density at radius 1 is 0.909 bits per heavy atom. The molecule has 0 fully saturated rings. The summed E-state index contributed by atoms with van der Waals surface area (Å²) in [6.07, 6.45) is 3.73. The lowest BCUT2D eigenvalue weighted by molar-refractivity contribution is 0.102. The van der Waals surface area contributed by atoms with E-state index in [4.69, 9.17) is 0 Å². The largest absolute Gasteiger partial charge is 0.339 e. The number of rotatable bonds is 5. The molecule has 0 aliphatic rings. The molecule has 0 unspecified atom stereocenters. The Morgan fingerprint density at radius 3 is 2.36 bits per heavy atom. The summed E-state index contributed by atoms with van der Waals surface area (Å²) in [6.45, 7) is 6.04. The van der Waals surface area contributed by atoms with Crippen molar-refractivity contribution >= 4 is 28.6 Å². The number of pyridine rings is 1. The van der Waals surface area contributed by atoms with Gasteiger partial charge >= 0.3 is 0 Å². The number of hydrogen-bond acceptors (Lipinski definition) is 5. The third-order valence-electron chi connectivity index (χ3n) is 5.70. The number of benzene rings is 1. The van der Waals surface area contributed by atoms with E-state index < -0.39 is 0 Å². The zero-order chi connectivity index (χ0) is 22.9. The van der Waals surface area contributed by atoms with Gasteiger partial charge in [-0.2, -0.15) is 5.10 Å². The summed E-state index contributed by atoms with van der Waals surface area (Å²) in [5.74, 6) is 1.14. The van der Waals surface area contributed by atoms with Crippen molar-refractivity contribution in [3.8, 4) is 5.82 Å². The predicted octanol–water partition coefficient (Wildman–Crippen LogP) is 4.84. The number of fused-ring (bicyclic) bond motifs is 1. The van der Waals surface area contributed by atoms with Gasteiger partial charge in [0, 0.05) is 35.0 Å². The molecule has 33 heavy (non-hydrogen) atoms. The number of nitrogens with zero attached hydrogens (tertiary/aromatic N) is 5. The molecule has 164 valence electrons. The van der Waals surface area contributed by atoms with E-state index in [1.807, 2.05) is 98.2 Å². The maximum atomic E-state index is 12.6. The molecule has 0 aliphatic carbocycles. The smallest absolute Gasteiger partial charge is 0.257 e. The number of amides is 1. The molecular weight excluding hydrogens is 414 g/mol. The van der Waals surface area contributed by atoms with Crippen molar-refractivity contribution in [1.82, 2.24) is 24.4 Å². The van der Waals surface area contributed by atoms with Crippen molar-refractivity contribution in [2.45, 2.75) is 20.8 Å². The number of carbonyl (C=O) groups is 1. The molecule has 0 radical (unpaired) electrons. The molecule has 1 amide bonds. The van der Waals surface area contributed by atoms with Crippen LogP contribution in [0.5, 0.6) is 0 Å². The first-order chi connectivity index (χ1) is 16.0. The Kier molecular flexibility index (Phi) is 5.10. The standard InChI is InChI=1S/C25H23N7O/c1-16-17(2)30-32(18(16)3)24-12-11-23(28-29-24)26-20-7-9-21(10-8-20)27-25(33)19-14-22-6-4-5-13-31(22)15-19/h4-15H,1-3H3,(H,26,28)(H,27,33). The van der Waals surface area contributed by atoms with Crippen LogP contribution in [-0.2, 0) is 0 Å². The summed E-state index contributed by atoms with van der Waals surface area (Å²) in [7, 11) is 0. The van der Waals surface area contributed by atoms with Gasteiger partial charge in [0.05, 0.1) is 11.3 Å². The molecule has 4 aromatic heterocycles. The normalized spacial score (nSPS) is 11.0. The molecule has 8 heteroatoms. The van der Waals surface area contributed by atoms with E-state index in [0.717, 1.165) is 28.2 Å². The molecule has 0 spiro atoms. The number of carbonyl (C=O) groups excluding carboxylic acids is 1. The van der Waals surface area contributed by atoms with E-state index in [1.54, 1.807) is 4.68 Å². The number of hydrogen-bond donors (Lipinski definition) is 2. The lowest BCUT2D eigenvalue weighted by Gasteiger charge is -2.08. The van der Waals surface area contributed by atoms with E-state index in [0.29, 0.717) is 22.9 Å². The lowest BCUT2D eigenvalue weighted by Crippen LogP contribution is -2.10. The predicted molar refractivity (Wildman–Crippen MR) is 128 cm³/mol.